The van der Waals surface area contributed by atoms with Gasteiger partial charge in [-0.1, -0.05) is 267 Å². The monoisotopic (exact) mass is 1340 g/mol. The van der Waals surface area contributed by atoms with Crippen molar-refractivity contribution in [2.24, 2.45) is 0 Å². The molecule has 0 aromatic rings. The largest absolute Gasteiger partial charge is 0.472 e. The van der Waals surface area contributed by atoms with Crippen LogP contribution in [0.15, 0.2) is 85.1 Å². The number of hydrogen-bond acceptors (Lipinski definition) is 15. The van der Waals surface area contributed by atoms with Crippen LogP contribution in [-0.2, 0) is 65.4 Å². The lowest BCUT2D eigenvalue weighted by atomic mass is 10.0. The molecule has 0 aliphatic carbocycles. The summed E-state index contributed by atoms with van der Waals surface area (Å²) in [7, 11) is -9.95. The maximum Gasteiger partial charge on any atom is 0.472 e. The van der Waals surface area contributed by atoms with E-state index in [9.17, 15) is 43.2 Å². The molecular weight excluding hydrogens is 1210 g/mol. The van der Waals surface area contributed by atoms with Crippen LogP contribution in [0.1, 0.15) is 297 Å². The maximum atomic E-state index is 13.0. The van der Waals surface area contributed by atoms with E-state index < -0.39 is 97.5 Å². The number of hydrogen-bond donors (Lipinski definition) is 3. The highest BCUT2D eigenvalue weighted by molar-refractivity contribution is 7.47. The summed E-state index contributed by atoms with van der Waals surface area (Å²) in [5, 5.41) is 10.6. The second-order valence-electron chi connectivity index (χ2n) is 23.8. The smallest absolute Gasteiger partial charge is 0.462 e. The van der Waals surface area contributed by atoms with E-state index in [1.54, 1.807) is 6.08 Å². The quantitative estimate of drug-likeness (QED) is 0.0169. The number of aliphatic hydroxyl groups excluding tert-OH is 1. The van der Waals surface area contributed by atoms with Gasteiger partial charge in [-0.3, -0.25) is 37.3 Å². The summed E-state index contributed by atoms with van der Waals surface area (Å²) in [6.07, 6.45) is 64.9. The van der Waals surface area contributed by atoms with Gasteiger partial charge in [-0.15, -0.1) is 0 Å². The molecule has 19 heteroatoms. The number of rotatable bonds is 67. The molecule has 5 atom stereocenters. The van der Waals surface area contributed by atoms with Gasteiger partial charge >= 0.3 is 39.5 Å². The van der Waals surface area contributed by atoms with Gasteiger partial charge in [-0.05, 0) is 89.9 Å². The van der Waals surface area contributed by atoms with Crippen molar-refractivity contribution in [3.63, 3.8) is 0 Å². The molecule has 92 heavy (non-hydrogen) atoms. The molecule has 0 amide bonds. The minimum absolute atomic E-state index is 0.0657. The Balaban J connectivity index is 5.35. The van der Waals surface area contributed by atoms with Gasteiger partial charge in [0.1, 0.15) is 19.3 Å². The Morgan fingerprint density at radius 2 is 0.620 bits per heavy atom. The molecule has 5 unspecified atom stereocenters. The van der Waals surface area contributed by atoms with Crippen LogP contribution in [0.4, 0.5) is 0 Å². The zero-order valence-electron chi connectivity index (χ0n) is 57.7. The molecule has 0 radical (unpaired) electrons. The Bertz CT molecular complexity index is 2090. The second kappa shape index (κ2) is 65.9. The Labute approximate surface area is 557 Å². The van der Waals surface area contributed by atoms with Crippen LogP contribution in [0.5, 0.6) is 0 Å². The van der Waals surface area contributed by atoms with Crippen LogP contribution in [0.2, 0.25) is 0 Å². The number of aliphatic hydroxyl groups is 1. The van der Waals surface area contributed by atoms with Gasteiger partial charge in [0.05, 0.1) is 32.8 Å². The molecule has 0 saturated carbocycles. The van der Waals surface area contributed by atoms with E-state index in [0.29, 0.717) is 25.7 Å². The molecule has 0 fully saturated rings. The van der Waals surface area contributed by atoms with Gasteiger partial charge in [0.2, 0.25) is 0 Å². The molecule has 0 spiro atoms. The number of phosphoric acid groups is 2. The second-order valence-corrected chi connectivity index (χ2v) is 26.7. The van der Waals surface area contributed by atoms with Crippen molar-refractivity contribution in [3.05, 3.63) is 85.1 Å². The van der Waals surface area contributed by atoms with Crippen LogP contribution in [-0.4, -0.2) is 96.7 Å². The summed E-state index contributed by atoms with van der Waals surface area (Å²) in [6.45, 7) is 4.55. The van der Waals surface area contributed by atoms with Gasteiger partial charge in [-0.2, -0.15) is 0 Å². The van der Waals surface area contributed by atoms with Gasteiger partial charge in [0.15, 0.2) is 12.2 Å². The van der Waals surface area contributed by atoms with Crippen molar-refractivity contribution in [3.8, 4) is 0 Å². The molecule has 0 rings (SSSR count). The average molecular weight is 1340 g/mol. The highest BCUT2D eigenvalue weighted by Gasteiger charge is 2.30. The molecule has 17 nitrogen and oxygen atoms in total. The summed E-state index contributed by atoms with van der Waals surface area (Å²) in [5.41, 5.74) is 0. The lowest BCUT2D eigenvalue weighted by molar-refractivity contribution is -0.161. The summed E-state index contributed by atoms with van der Waals surface area (Å²) < 4.78 is 68.1. The van der Waals surface area contributed by atoms with Gasteiger partial charge in [-0.25, -0.2) is 9.13 Å². The van der Waals surface area contributed by atoms with Crippen molar-refractivity contribution in [1.82, 2.24) is 0 Å². The molecule has 0 aromatic heterocycles. The molecule has 0 aliphatic heterocycles. The Morgan fingerprint density at radius 3 is 0.989 bits per heavy atom. The predicted octanol–water partition coefficient (Wildman–Crippen LogP) is 19.9. The molecule has 3 N–H and O–H groups in total. The Morgan fingerprint density at radius 1 is 0.326 bits per heavy atom. The maximum absolute atomic E-state index is 13.0. The lowest BCUT2D eigenvalue weighted by Gasteiger charge is -2.21. The fourth-order valence-corrected chi connectivity index (χ4v) is 11.0. The van der Waals surface area contributed by atoms with Crippen LogP contribution < -0.4 is 0 Å². The third-order valence-electron chi connectivity index (χ3n) is 14.9. The number of allylic oxidation sites excluding steroid dienone is 13. The molecule has 0 bridgehead atoms. The molecule has 0 saturated heterocycles. The van der Waals surface area contributed by atoms with Crippen molar-refractivity contribution in [1.29, 1.82) is 0 Å². The number of carbonyl (C=O) groups is 4. The average Bonchev–Trinajstić information content (AvgIpc) is 2.55. The fourth-order valence-electron chi connectivity index (χ4n) is 9.37. The van der Waals surface area contributed by atoms with E-state index >= 15 is 0 Å². The van der Waals surface area contributed by atoms with E-state index in [2.05, 4.69) is 88.5 Å². The van der Waals surface area contributed by atoms with Crippen molar-refractivity contribution in [2.45, 2.75) is 316 Å². The third kappa shape index (κ3) is 64.9. The number of ether oxygens (including phenoxy) is 4. The molecule has 0 aliphatic rings. The summed E-state index contributed by atoms with van der Waals surface area (Å²) in [5.74, 6) is -2.33. The van der Waals surface area contributed by atoms with Crippen molar-refractivity contribution >= 4 is 39.5 Å². The highest BCUT2D eigenvalue weighted by atomic mass is 31.2. The highest BCUT2D eigenvalue weighted by Crippen LogP contribution is 2.45. The first-order chi connectivity index (χ1) is 44.7. The number of unbranched alkanes of at least 4 members (excludes halogenated alkanes) is 28. The minimum atomic E-state index is -4.98. The van der Waals surface area contributed by atoms with Gasteiger partial charge < -0.3 is 33.8 Å². The minimum Gasteiger partial charge on any atom is -0.462 e. The fraction of sp³-hybridized carbons (Fsp3) is 0.753. The predicted molar refractivity (Wildman–Crippen MR) is 372 cm³/mol. The van der Waals surface area contributed by atoms with Crippen LogP contribution >= 0.6 is 15.6 Å². The molecular formula is C73H128O17P2. The molecule has 0 heterocycles. The standard InChI is InChI=1S/C73H128O17P2/c1-5-9-13-17-21-25-29-31-33-35-39-41-45-49-53-57-70(75)83-63-68(89-72(77)59-55-51-47-43-37-27-23-19-15-11-7-3)65-87-91(79,80)85-61-67(74)62-86-92(81,82)88-66-69(90-73(78)60-56-52-48-44-38-28-24-20-16-12-8-4)64-84-71(76)58-54-50-46-42-40-36-34-32-30-26-22-18-14-10-6-2/h9,13,19-21,23-25,31,33,39,41,49,53,67-69,74H,5-8,10-12,14-18,22,26-30,32,34-38,40,42-48,50-52,54-66H2,1-4H3,(H,79,80)(H,81,82)/b13-9-,23-19-,24-20-,25-21-,33-31-,41-39-,53-49-. The Kier molecular flexibility index (Phi) is 63.2. The SMILES string of the molecule is CC/C=C\C/C=C\C/C=C\C/C=C\C/C=C\CC(=O)OCC(COP(=O)(O)OCC(O)COP(=O)(O)OCC(COC(=O)CCCCCCCCCCCCCCCCC)OC(=O)CCCCCCC/C=C\CCCC)OC(=O)CCCCCCC/C=C\CCCC. The first kappa shape index (κ1) is 88.2. The first-order valence-corrected chi connectivity index (χ1v) is 38.8. The first-order valence-electron chi connectivity index (χ1n) is 35.8. The zero-order chi connectivity index (χ0) is 67.5. The Hall–Kier alpha value is -3.76. The van der Waals surface area contributed by atoms with E-state index in [-0.39, 0.29) is 25.7 Å². The normalized spacial score (nSPS) is 14.6. The summed E-state index contributed by atoms with van der Waals surface area (Å²) >= 11 is 0. The van der Waals surface area contributed by atoms with Gasteiger partial charge in [0.25, 0.3) is 0 Å². The third-order valence-corrected chi connectivity index (χ3v) is 16.8. The number of carbonyl (C=O) groups excluding carboxylic acids is 4. The van der Waals surface area contributed by atoms with E-state index in [0.717, 1.165) is 122 Å². The number of phosphoric ester groups is 2. The topological polar surface area (TPSA) is 237 Å². The van der Waals surface area contributed by atoms with Crippen LogP contribution in [0.3, 0.4) is 0 Å². The summed E-state index contributed by atoms with van der Waals surface area (Å²) in [6, 6.07) is 0. The van der Waals surface area contributed by atoms with E-state index in [4.69, 9.17) is 37.0 Å². The summed E-state index contributed by atoms with van der Waals surface area (Å²) in [4.78, 5) is 72.5. The molecule has 532 valence electrons. The van der Waals surface area contributed by atoms with Crippen LogP contribution in [0.25, 0.3) is 0 Å². The van der Waals surface area contributed by atoms with Crippen LogP contribution in [0, 0.1) is 0 Å². The van der Waals surface area contributed by atoms with Gasteiger partial charge in [0, 0.05) is 19.3 Å². The van der Waals surface area contributed by atoms with Crippen molar-refractivity contribution < 1.29 is 80.2 Å². The number of esters is 4. The lowest BCUT2D eigenvalue weighted by Crippen LogP contribution is -2.30. The zero-order valence-corrected chi connectivity index (χ0v) is 59.5. The van der Waals surface area contributed by atoms with E-state index in [1.165, 1.54) is 96.3 Å². The van der Waals surface area contributed by atoms with E-state index in [1.807, 2.05) is 18.2 Å². The van der Waals surface area contributed by atoms with Crippen molar-refractivity contribution in [2.75, 3.05) is 39.6 Å². The molecule has 0 aromatic carbocycles.